The van der Waals surface area contributed by atoms with Crippen molar-refractivity contribution in [1.82, 2.24) is 10.6 Å². The second-order valence-electron chi connectivity index (χ2n) is 7.74. The van der Waals surface area contributed by atoms with Gasteiger partial charge in [0.1, 0.15) is 11.4 Å². The second-order valence-corrected chi connectivity index (χ2v) is 7.74. The average Bonchev–Trinajstić information content (AvgIpc) is 3.07. The molecule has 1 aliphatic heterocycles. The van der Waals surface area contributed by atoms with Crippen LogP contribution in [0.4, 0.5) is 10.1 Å². The number of anilines is 1. The third-order valence-corrected chi connectivity index (χ3v) is 5.65. The van der Waals surface area contributed by atoms with Crippen LogP contribution >= 0.6 is 0 Å². The first-order valence-corrected chi connectivity index (χ1v) is 10.4. The maximum Gasteiger partial charge on any atom is 0.306 e. The molecule has 0 saturated carbocycles. The SMILES string of the molecule is O=C(O)CC1(CCNCCCC(O)c2ccc(F)cc2)C(=O)NCN1c1ccccc1. The van der Waals surface area contributed by atoms with Gasteiger partial charge < -0.3 is 25.7 Å². The first-order chi connectivity index (χ1) is 14.9. The van der Waals surface area contributed by atoms with Crippen molar-refractivity contribution >= 4 is 17.6 Å². The molecule has 1 heterocycles. The summed E-state index contributed by atoms with van der Waals surface area (Å²) in [6.07, 6.45) is 0.559. The third kappa shape index (κ3) is 5.59. The van der Waals surface area contributed by atoms with Crippen LogP contribution in [0.2, 0.25) is 0 Å². The van der Waals surface area contributed by atoms with Gasteiger partial charge in [-0.3, -0.25) is 9.59 Å². The van der Waals surface area contributed by atoms with Gasteiger partial charge in [-0.15, -0.1) is 0 Å². The Morgan fingerprint density at radius 2 is 1.87 bits per heavy atom. The van der Waals surface area contributed by atoms with Gasteiger partial charge in [0.15, 0.2) is 0 Å². The highest BCUT2D eigenvalue weighted by molar-refractivity contribution is 5.96. The molecule has 0 spiro atoms. The van der Waals surface area contributed by atoms with E-state index in [1.807, 2.05) is 35.2 Å². The fourth-order valence-electron chi connectivity index (χ4n) is 3.99. The number of halogens is 1. The predicted octanol–water partition coefficient (Wildman–Crippen LogP) is 2.43. The molecule has 166 valence electrons. The molecule has 1 amide bonds. The summed E-state index contributed by atoms with van der Waals surface area (Å²) >= 11 is 0. The van der Waals surface area contributed by atoms with Crippen LogP contribution in [0.25, 0.3) is 0 Å². The van der Waals surface area contributed by atoms with Crippen LogP contribution in [-0.4, -0.2) is 47.4 Å². The Labute approximate surface area is 180 Å². The monoisotopic (exact) mass is 429 g/mol. The summed E-state index contributed by atoms with van der Waals surface area (Å²) in [5.41, 5.74) is 0.306. The second kappa shape index (κ2) is 10.4. The van der Waals surface area contributed by atoms with Gasteiger partial charge in [-0.25, -0.2) is 4.39 Å². The molecule has 0 aromatic heterocycles. The summed E-state index contributed by atoms with van der Waals surface area (Å²) in [6.45, 7) is 1.32. The number of carbonyl (C=O) groups excluding carboxylic acids is 1. The number of aliphatic hydroxyl groups is 1. The topological polar surface area (TPSA) is 102 Å². The minimum atomic E-state index is -1.16. The number of aliphatic hydroxyl groups excluding tert-OH is 1. The zero-order valence-electron chi connectivity index (χ0n) is 17.3. The summed E-state index contributed by atoms with van der Waals surface area (Å²) in [4.78, 5) is 26.1. The predicted molar refractivity (Wildman–Crippen MR) is 115 cm³/mol. The van der Waals surface area contributed by atoms with Crippen LogP contribution in [0.5, 0.6) is 0 Å². The van der Waals surface area contributed by atoms with Crippen LogP contribution in [0.15, 0.2) is 54.6 Å². The van der Waals surface area contributed by atoms with E-state index in [1.165, 1.54) is 12.1 Å². The normalized spacial score (nSPS) is 19.3. The number of nitrogens with one attached hydrogen (secondary N) is 2. The molecule has 0 aliphatic carbocycles. The van der Waals surface area contributed by atoms with Crippen LogP contribution in [0.3, 0.4) is 0 Å². The summed E-state index contributed by atoms with van der Waals surface area (Å²) < 4.78 is 13.0. The van der Waals surface area contributed by atoms with E-state index in [0.29, 0.717) is 37.9 Å². The summed E-state index contributed by atoms with van der Waals surface area (Å²) in [5, 5.41) is 25.7. The maximum absolute atomic E-state index is 13.0. The maximum atomic E-state index is 13.0. The van der Waals surface area contributed by atoms with Gasteiger partial charge in [-0.2, -0.15) is 0 Å². The van der Waals surface area contributed by atoms with E-state index in [-0.39, 0.29) is 24.8 Å². The van der Waals surface area contributed by atoms with Crippen LogP contribution in [0.1, 0.15) is 37.4 Å². The number of para-hydroxylation sites is 1. The third-order valence-electron chi connectivity index (χ3n) is 5.65. The fourth-order valence-corrected chi connectivity index (χ4v) is 3.99. The number of carboxylic acid groups (broad SMARTS) is 1. The van der Waals surface area contributed by atoms with E-state index < -0.39 is 17.6 Å². The van der Waals surface area contributed by atoms with E-state index in [2.05, 4.69) is 10.6 Å². The van der Waals surface area contributed by atoms with Crippen molar-refractivity contribution in [2.75, 3.05) is 24.7 Å². The Morgan fingerprint density at radius 3 is 2.55 bits per heavy atom. The largest absolute Gasteiger partial charge is 0.481 e. The van der Waals surface area contributed by atoms with E-state index in [1.54, 1.807) is 12.1 Å². The quantitative estimate of drug-likeness (QED) is 0.409. The lowest BCUT2D eigenvalue weighted by Gasteiger charge is -2.36. The summed E-state index contributed by atoms with van der Waals surface area (Å²) in [6, 6.07) is 15.1. The molecule has 3 rings (SSSR count). The van der Waals surface area contributed by atoms with E-state index in [4.69, 9.17) is 0 Å². The Bertz CT molecular complexity index is 878. The number of amides is 1. The Morgan fingerprint density at radius 1 is 1.16 bits per heavy atom. The highest BCUT2D eigenvalue weighted by Crippen LogP contribution is 2.33. The fraction of sp³-hybridized carbons (Fsp3) is 0.391. The molecule has 0 bridgehead atoms. The summed E-state index contributed by atoms with van der Waals surface area (Å²) in [7, 11) is 0. The molecule has 8 heteroatoms. The van der Waals surface area contributed by atoms with Crippen molar-refractivity contribution in [1.29, 1.82) is 0 Å². The Kier molecular flexibility index (Phi) is 7.59. The van der Waals surface area contributed by atoms with Crippen molar-refractivity contribution < 1.29 is 24.2 Å². The van der Waals surface area contributed by atoms with Crippen molar-refractivity contribution in [2.24, 2.45) is 0 Å². The lowest BCUT2D eigenvalue weighted by molar-refractivity contribution is -0.141. The molecule has 1 saturated heterocycles. The molecule has 2 unspecified atom stereocenters. The smallest absolute Gasteiger partial charge is 0.306 e. The number of nitrogens with zero attached hydrogens (tertiary/aromatic N) is 1. The first-order valence-electron chi connectivity index (χ1n) is 10.4. The van der Waals surface area contributed by atoms with E-state index in [0.717, 1.165) is 5.69 Å². The standard InChI is InChI=1S/C23H28FN3O4/c24-18-10-8-17(9-11-18)20(28)7-4-13-25-14-12-23(15-21(29)30)22(31)26-16-27(23)19-5-2-1-3-6-19/h1-3,5-6,8-11,20,25,28H,4,7,12-16H2,(H,26,31)(H,29,30). The highest BCUT2D eigenvalue weighted by Gasteiger charge is 2.49. The number of rotatable bonds is 11. The van der Waals surface area contributed by atoms with Crippen LogP contribution in [0, 0.1) is 5.82 Å². The average molecular weight is 429 g/mol. The lowest BCUT2D eigenvalue weighted by Crippen LogP contribution is -2.52. The van der Waals surface area contributed by atoms with Crippen LogP contribution in [-0.2, 0) is 9.59 Å². The molecular weight excluding hydrogens is 401 g/mol. The van der Waals surface area contributed by atoms with Gasteiger partial charge >= 0.3 is 5.97 Å². The number of hydrogen-bond acceptors (Lipinski definition) is 5. The molecule has 7 nitrogen and oxygen atoms in total. The van der Waals surface area contributed by atoms with Gasteiger partial charge in [0.2, 0.25) is 5.91 Å². The Hall–Kier alpha value is -2.97. The van der Waals surface area contributed by atoms with Gasteiger partial charge in [-0.05, 0) is 62.2 Å². The number of carbonyl (C=O) groups is 2. The molecular formula is C23H28FN3O4. The molecule has 2 aromatic rings. The van der Waals surface area contributed by atoms with Crippen molar-refractivity contribution in [3.8, 4) is 0 Å². The molecule has 2 aromatic carbocycles. The van der Waals surface area contributed by atoms with E-state index >= 15 is 0 Å². The molecule has 1 aliphatic rings. The van der Waals surface area contributed by atoms with Gasteiger partial charge in [0.05, 0.1) is 19.2 Å². The minimum Gasteiger partial charge on any atom is -0.481 e. The molecule has 0 radical (unpaired) electrons. The molecule has 4 N–H and O–H groups in total. The number of benzene rings is 2. The minimum absolute atomic E-state index is 0.264. The number of aliphatic carboxylic acids is 1. The molecule has 2 atom stereocenters. The van der Waals surface area contributed by atoms with Crippen molar-refractivity contribution in [2.45, 2.75) is 37.3 Å². The number of carboxylic acids is 1. The zero-order valence-corrected chi connectivity index (χ0v) is 17.3. The van der Waals surface area contributed by atoms with Crippen molar-refractivity contribution in [3.63, 3.8) is 0 Å². The molecule has 1 fully saturated rings. The van der Waals surface area contributed by atoms with Crippen LogP contribution < -0.4 is 15.5 Å². The number of hydrogen-bond donors (Lipinski definition) is 4. The molecule has 31 heavy (non-hydrogen) atoms. The van der Waals surface area contributed by atoms with Gasteiger partial charge in [-0.1, -0.05) is 30.3 Å². The zero-order chi connectivity index (χ0) is 22.3. The van der Waals surface area contributed by atoms with Gasteiger partial charge in [0.25, 0.3) is 0 Å². The first kappa shape index (κ1) is 22.7. The van der Waals surface area contributed by atoms with E-state index in [9.17, 15) is 24.2 Å². The van der Waals surface area contributed by atoms with Crippen molar-refractivity contribution in [3.05, 3.63) is 66.0 Å². The van der Waals surface area contributed by atoms with Gasteiger partial charge in [0, 0.05) is 5.69 Å². The highest BCUT2D eigenvalue weighted by atomic mass is 19.1. The lowest BCUT2D eigenvalue weighted by atomic mass is 9.89. The Balaban J connectivity index is 1.53. The summed E-state index contributed by atoms with van der Waals surface area (Å²) in [5.74, 6) is -1.65.